The lowest BCUT2D eigenvalue weighted by Gasteiger charge is -2.20. The van der Waals surface area contributed by atoms with Crippen LogP contribution in [0.4, 0.5) is 0 Å². The molecular weight excluding hydrogens is 707 g/mol. The quantitative estimate of drug-likeness (QED) is 0.0324. The third kappa shape index (κ3) is 43.7. The van der Waals surface area contributed by atoms with Crippen molar-refractivity contribution < 1.29 is 24.5 Å². The molecule has 0 aromatic carbocycles. The Morgan fingerprint density at radius 1 is 0.474 bits per heavy atom. The molecular formula is C51H97NO5. The van der Waals surface area contributed by atoms with E-state index < -0.39 is 12.1 Å². The fraction of sp³-hybridized carbons (Fsp3) is 0.882. The van der Waals surface area contributed by atoms with Gasteiger partial charge in [0.15, 0.2) is 0 Å². The Kier molecular flexibility index (Phi) is 45.7. The molecule has 0 saturated heterocycles. The fourth-order valence-corrected chi connectivity index (χ4v) is 7.57. The van der Waals surface area contributed by atoms with Gasteiger partial charge in [0.2, 0.25) is 5.91 Å². The highest BCUT2D eigenvalue weighted by Gasteiger charge is 2.18. The molecule has 0 aliphatic heterocycles. The van der Waals surface area contributed by atoms with Crippen molar-refractivity contribution in [1.82, 2.24) is 5.32 Å². The van der Waals surface area contributed by atoms with Gasteiger partial charge in [0.05, 0.1) is 25.4 Å². The molecule has 0 bridgehead atoms. The van der Waals surface area contributed by atoms with Crippen molar-refractivity contribution in [3.63, 3.8) is 0 Å². The molecule has 57 heavy (non-hydrogen) atoms. The first-order valence-electron chi connectivity index (χ1n) is 25.1. The van der Waals surface area contributed by atoms with Crippen LogP contribution in [0.15, 0.2) is 24.3 Å². The van der Waals surface area contributed by atoms with Gasteiger partial charge in [-0.05, 0) is 57.8 Å². The second-order valence-electron chi connectivity index (χ2n) is 17.1. The van der Waals surface area contributed by atoms with E-state index in [-0.39, 0.29) is 18.5 Å². The SMILES string of the molecule is CCCCCC/C=C\CCCCCCCC(=O)OCCCCCCCCCCCCCCCCCCCCC(=O)NC(CO)C(O)/C=C/CCCCCCCCC. The highest BCUT2D eigenvalue weighted by molar-refractivity contribution is 5.76. The summed E-state index contributed by atoms with van der Waals surface area (Å²) in [6.45, 7) is 4.84. The van der Waals surface area contributed by atoms with Crippen LogP contribution in [0.5, 0.6) is 0 Å². The molecule has 2 unspecified atom stereocenters. The van der Waals surface area contributed by atoms with E-state index in [1.165, 1.54) is 193 Å². The Morgan fingerprint density at radius 2 is 0.825 bits per heavy atom. The first-order chi connectivity index (χ1) is 28.0. The molecule has 0 aromatic rings. The molecule has 6 heteroatoms. The number of hydrogen-bond donors (Lipinski definition) is 3. The maximum atomic E-state index is 12.4. The van der Waals surface area contributed by atoms with Gasteiger partial charge in [-0.15, -0.1) is 0 Å². The van der Waals surface area contributed by atoms with Gasteiger partial charge in [-0.25, -0.2) is 0 Å². The first kappa shape index (κ1) is 55.3. The van der Waals surface area contributed by atoms with Crippen LogP contribution < -0.4 is 5.32 Å². The zero-order valence-corrected chi connectivity index (χ0v) is 38.1. The predicted molar refractivity (Wildman–Crippen MR) is 246 cm³/mol. The summed E-state index contributed by atoms with van der Waals surface area (Å²) in [5.74, 6) is -0.0787. The summed E-state index contributed by atoms with van der Waals surface area (Å²) >= 11 is 0. The number of esters is 1. The molecule has 6 nitrogen and oxygen atoms in total. The molecule has 1 amide bonds. The van der Waals surface area contributed by atoms with E-state index in [1.54, 1.807) is 6.08 Å². The second kappa shape index (κ2) is 47.0. The third-order valence-corrected chi connectivity index (χ3v) is 11.5. The number of carbonyl (C=O) groups excluding carboxylic acids is 2. The van der Waals surface area contributed by atoms with Gasteiger partial charge >= 0.3 is 5.97 Å². The molecule has 0 aliphatic carbocycles. The molecule has 2 atom stereocenters. The highest BCUT2D eigenvalue weighted by Crippen LogP contribution is 2.16. The maximum Gasteiger partial charge on any atom is 0.305 e. The number of carbonyl (C=O) groups is 2. The van der Waals surface area contributed by atoms with Crippen LogP contribution in [0.25, 0.3) is 0 Å². The molecule has 0 saturated carbocycles. The Morgan fingerprint density at radius 3 is 1.26 bits per heavy atom. The average molecular weight is 804 g/mol. The molecule has 0 radical (unpaired) electrons. The lowest BCUT2D eigenvalue weighted by Crippen LogP contribution is -2.45. The normalized spacial score (nSPS) is 12.8. The number of allylic oxidation sites excluding steroid dienone is 3. The maximum absolute atomic E-state index is 12.4. The fourth-order valence-electron chi connectivity index (χ4n) is 7.57. The largest absolute Gasteiger partial charge is 0.466 e. The summed E-state index contributed by atoms with van der Waals surface area (Å²) in [5, 5.41) is 22.9. The number of unbranched alkanes of at least 4 members (excludes halogenated alkanes) is 33. The van der Waals surface area contributed by atoms with E-state index in [0.29, 0.717) is 19.4 Å². The summed E-state index contributed by atoms with van der Waals surface area (Å²) in [7, 11) is 0. The number of nitrogens with one attached hydrogen (secondary N) is 1. The monoisotopic (exact) mass is 804 g/mol. The van der Waals surface area contributed by atoms with Gasteiger partial charge in [0, 0.05) is 12.8 Å². The first-order valence-corrected chi connectivity index (χ1v) is 25.1. The van der Waals surface area contributed by atoms with Crippen LogP contribution in [0, 0.1) is 0 Å². The summed E-state index contributed by atoms with van der Waals surface area (Å²) in [4.78, 5) is 24.3. The van der Waals surface area contributed by atoms with Crippen LogP contribution in [0.1, 0.15) is 264 Å². The summed E-state index contributed by atoms with van der Waals surface area (Å²) < 4.78 is 5.45. The topological polar surface area (TPSA) is 95.9 Å². The highest BCUT2D eigenvalue weighted by atomic mass is 16.5. The Hall–Kier alpha value is -1.66. The molecule has 0 heterocycles. The lowest BCUT2D eigenvalue weighted by molar-refractivity contribution is -0.143. The van der Waals surface area contributed by atoms with Gasteiger partial charge in [0.1, 0.15) is 0 Å². The number of rotatable bonds is 46. The van der Waals surface area contributed by atoms with Crippen molar-refractivity contribution in [3.8, 4) is 0 Å². The third-order valence-electron chi connectivity index (χ3n) is 11.5. The van der Waals surface area contributed by atoms with E-state index in [2.05, 4.69) is 31.3 Å². The standard InChI is InChI=1S/C51H97NO5/c1-3-5-7-9-11-13-14-21-25-29-33-37-41-45-51(56)57-46-42-38-34-30-26-23-20-18-16-15-17-19-22-24-28-32-36-40-44-50(55)52-48(47-53)49(54)43-39-35-31-27-12-10-8-6-4-2/h13-14,39,43,48-49,53-54H,3-12,15-38,40-42,44-47H2,1-2H3,(H,52,55)/b14-13-,43-39+. The van der Waals surface area contributed by atoms with Crippen molar-refractivity contribution in [2.75, 3.05) is 13.2 Å². The van der Waals surface area contributed by atoms with Crippen molar-refractivity contribution in [2.24, 2.45) is 0 Å². The summed E-state index contributed by atoms with van der Waals surface area (Å²) in [6.07, 6.45) is 54.7. The molecule has 0 aliphatic rings. The minimum atomic E-state index is -0.844. The van der Waals surface area contributed by atoms with Gasteiger partial charge in [-0.1, -0.05) is 218 Å². The molecule has 0 fully saturated rings. The summed E-state index contributed by atoms with van der Waals surface area (Å²) in [6, 6.07) is -0.628. The van der Waals surface area contributed by atoms with E-state index in [0.717, 1.165) is 44.9 Å². The molecule has 0 aromatic heterocycles. The van der Waals surface area contributed by atoms with E-state index in [9.17, 15) is 19.8 Å². The Bertz CT molecular complexity index is 889. The van der Waals surface area contributed by atoms with Gasteiger partial charge in [-0.2, -0.15) is 0 Å². The van der Waals surface area contributed by atoms with Crippen LogP contribution in [-0.4, -0.2) is 47.4 Å². The molecule has 336 valence electrons. The van der Waals surface area contributed by atoms with Crippen molar-refractivity contribution in [1.29, 1.82) is 0 Å². The molecule has 0 rings (SSSR count). The van der Waals surface area contributed by atoms with E-state index in [4.69, 9.17) is 4.74 Å². The van der Waals surface area contributed by atoms with Crippen molar-refractivity contribution in [2.45, 2.75) is 276 Å². The van der Waals surface area contributed by atoms with Crippen LogP contribution in [0.2, 0.25) is 0 Å². The van der Waals surface area contributed by atoms with Gasteiger partial charge < -0.3 is 20.3 Å². The summed E-state index contributed by atoms with van der Waals surface area (Å²) in [5.41, 5.74) is 0. The van der Waals surface area contributed by atoms with E-state index in [1.807, 2.05) is 6.08 Å². The zero-order chi connectivity index (χ0) is 41.5. The number of aliphatic hydroxyl groups is 2. The lowest BCUT2D eigenvalue weighted by atomic mass is 10.0. The second-order valence-corrected chi connectivity index (χ2v) is 17.1. The number of amides is 1. The minimum Gasteiger partial charge on any atom is -0.466 e. The average Bonchev–Trinajstić information content (AvgIpc) is 3.21. The smallest absolute Gasteiger partial charge is 0.305 e. The van der Waals surface area contributed by atoms with Gasteiger partial charge in [0.25, 0.3) is 0 Å². The van der Waals surface area contributed by atoms with E-state index >= 15 is 0 Å². The number of aliphatic hydroxyl groups excluding tert-OH is 2. The predicted octanol–water partition coefficient (Wildman–Crippen LogP) is 14.7. The molecule has 3 N–H and O–H groups in total. The minimum absolute atomic E-state index is 0.00348. The van der Waals surface area contributed by atoms with Crippen LogP contribution in [0.3, 0.4) is 0 Å². The zero-order valence-electron chi connectivity index (χ0n) is 38.1. The van der Waals surface area contributed by atoms with Gasteiger partial charge in [-0.3, -0.25) is 9.59 Å². The van der Waals surface area contributed by atoms with Crippen molar-refractivity contribution in [3.05, 3.63) is 24.3 Å². The Labute approximate surface area is 354 Å². The number of ether oxygens (including phenoxy) is 1. The van der Waals surface area contributed by atoms with Crippen LogP contribution in [-0.2, 0) is 14.3 Å². The molecule has 0 spiro atoms. The van der Waals surface area contributed by atoms with Crippen molar-refractivity contribution >= 4 is 11.9 Å². The Balaban J connectivity index is 3.41. The van der Waals surface area contributed by atoms with Crippen LogP contribution >= 0.6 is 0 Å². The number of hydrogen-bond acceptors (Lipinski definition) is 5.